The molecule has 1 fully saturated rings. The molecule has 0 radical (unpaired) electrons. The van der Waals surface area contributed by atoms with E-state index in [0.717, 1.165) is 19.0 Å². The predicted octanol–water partition coefficient (Wildman–Crippen LogP) is 6.49. The van der Waals surface area contributed by atoms with Crippen LogP contribution in [-0.2, 0) is 0 Å². The molecule has 0 aliphatic carbocycles. The minimum Gasteiger partial charge on any atom is -0.294 e. The second-order valence-electron chi connectivity index (χ2n) is 4.35. The Bertz CT molecular complexity index is 445. The maximum Gasteiger partial charge on any atom is 0.0809 e. The zero-order chi connectivity index (χ0) is 14.0. The van der Waals surface area contributed by atoms with Gasteiger partial charge in [-0.1, -0.05) is 64.4 Å². The molecule has 0 spiro atoms. The van der Waals surface area contributed by atoms with Crippen LogP contribution >= 0.6 is 69.8 Å². The number of halogens is 5. The van der Waals surface area contributed by atoms with Crippen molar-refractivity contribution in [2.75, 3.05) is 19.0 Å². The highest BCUT2D eigenvalue weighted by molar-refractivity contribution is 7.99. The van der Waals surface area contributed by atoms with E-state index in [9.17, 15) is 0 Å². The molecule has 1 aliphatic rings. The molecule has 1 saturated heterocycles. The van der Waals surface area contributed by atoms with Crippen LogP contribution in [0.25, 0.3) is 0 Å². The van der Waals surface area contributed by atoms with Gasteiger partial charge in [-0.15, -0.1) is 11.8 Å². The van der Waals surface area contributed by atoms with Crippen molar-refractivity contribution in [1.29, 1.82) is 0 Å². The van der Waals surface area contributed by atoms with Crippen LogP contribution in [0.2, 0.25) is 25.1 Å². The van der Waals surface area contributed by atoms with Crippen molar-refractivity contribution in [1.82, 2.24) is 4.90 Å². The Morgan fingerprint density at radius 3 is 1.74 bits per heavy atom. The molecule has 1 aliphatic heterocycles. The fourth-order valence-corrected chi connectivity index (χ4v) is 4.56. The van der Waals surface area contributed by atoms with Gasteiger partial charge in [0, 0.05) is 10.8 Å². The number of nitrogens with zero attached hydrogens (tertiary/aromatic N) is 1. The van der Waals surface area contributed by atoms with Gasteiger partial charge in [0.15, 0.2) is 0 Å². The molecule has 1 nitrogen and oxygen atoms in total. The second-order valence-corrected chi connectivity index (χ2v) is 7.20. The molecule has 0 unspecified atom stereocenters. The molecule has 19 heavy (non-hydrogen) atoms. The van der Waals surface area contributed by atoms with Crippen molar-refractivity contribution in [2.45, 2.75) is 24.2 Å². The van der Waals surface area contributed by atoms with E-state index in [-0.39, 0.29) is 15.1 Å². The maximum absolute atomic E-state index is 6.19. The van der Waals surface area contributed by atoms with Crippen molar-refractivity contribution < 1.29 is 0 Å². The normalized spacial score (nSPS) is 16.9. The fourth-order valence-electron chi connectivity index (χ4n) is 1.96. The van der Waals surface area contributed by atoms with Gasteiger partial charge in [0.2, 0.25) is 0 Å². The minimum absolute atomic E-state index is 0.209. The number of hydrogen-bond acceptors (Lipinski definition) is 2. The third-order valence-electron chi connectivity index (χ3n) is 3.01. The lowest BCUT2D eigenvalue weighted by atomic mass is 10.1. The molecule has 0 atom stereocenters. The van der Waals surface area contributed by atoms with Crippen molar-refractivity contribution in [3.63, 3.8) is 0 Å². The Hall–Kier alpha value is 0.980. The zero-order valence-electron chi connectivity index (χ0n) is 9.99. The topological polar surface area (TPSA) is 3.24 Å². The van der Waals surface area contributed by atoms with Crippen molar-refractivity contribution in [2.24, 2.45) is 0 Å². The second kappa shape index (κ2) is 7.31. The predicted molar refractivity (Wildman–Crippen MR) is 87.6 cm³/mol. The highest BCUT2D eigenvalue weighted by atomic mass is 35.5. The number of thioether (sulfide) groups is 1. The van der Waals surface area contributed by atoms with Crippen LogP contribution in [0.3, 0.4) is 0 Å². The Morgan fingerprint density at radius 1 is 0.737 bits per heavy atom. The Kier molecular flexibility index (Phi) is 6.29. The summed E-state index contributed by atoms with van der Waals surface area (Å²) in [5.41, 5.74) is 0. The summed E-state index contributed by atoms with van der Waals surface area (Å²) in [5.74, 6) is 0.827. The summed E-state index contributed by atoms with van der Waals surface area (Å²) in [7, 11) is 0. The SMILES string of the molecule is Clc1c(Cl)c(Cl)c(SCN2CCCCC2)c(Cl)c1Cl. The van der Waals surface area contributed by atoms with Crippen LogP contribution < -0.4 is 0 Å². The summed E-state index contributed by atoms with van der Waals surface area (Å²) in [6.07, 6.45) is 3.79. The van der Waals surface area contributed by atoms with Crippen molar-refractivity contribution >= 4 is 69.8 Å². The Balaban J connectivity index is 2.15. The average molecular weight is 380 g/mol. The van der Waals surface area contributed by atoms with Gasteiger partial charge in [0.1, 0.15) is 0 Å². The smallest absolute Gasteiger partial charge is 0.0809 e. The molecule has 0 bridgehead atoms. The summed E-state index contributed by atoms with van der Waals surface area (Å²) >= 11 is 32.0. The van der Waals surface area contributed by atoms with Gasteiger partial charge in [0.05, 0.1) is 25.1 Å². The van der Waals surface area contributed by atoms with E-state index >= 15 is 0 Å². The molecule has 106 valence electrons. The molecule has 0 aromatic heterocycles. The van der Waals surface area contributed by atoms with Gasteiger partial charge in [-0.3, -0.25) is 4.90 Å². The van der Waals surface area contributed by atoms with Crippen LogP contribution in [0.15, 0.2) is 4.90 Å². The van der Waals surface area contributed by atoms with Gasteiger partial charge in [-0.25, -0.2) is 0 Å². The van der Waals surface area contributed by atoms with Gasteiger partial charge in [-0.2, -0.15) is 0 Å². The third kappa shape index (κ3) is 3.79. The average Bonchev–Trinajstić information content (AvgIpc) is 2.44. The summed E-state index contributed by atoms with van der Waals surface area (Å²) in [5, 5.41) is 1.49. The first-order valence-electron chi connectivity index (χ1n) is 5.89. The largest absolute Gasteiger partial charge is 0.294 e. The molecule has 0 N–H and O–H groups in total. The summed E-state index contributed by atoms with van der Waals surface area (Å²) in [4.78, 5) is 3.07. The lowest BCUT2D eigenvalue weighted by Gasteiger charge is -2.26. The van der Waals surface area contributed by atoms with E-state index in [1.165, 1.54) is 19.3 Å². The Morgan fingerprint density at radius 2 is 1.21 bits per heavy atom. The van der Waals surface area contributed by atoms with Gasteiger partial charge in [0.25, 0.3) is 0 Å². The van der Waals surface area contributed by atoms with Crippen LogP contribution in [0.1, 0.15) is 19.3 Å². The molecule has 7 heteroatoms. The van der Waals surface area contributed by atoms with E-state index in [4.69, 9.17) is 58.0 Å². The number of hydrogen-bond donors (Lipinski definition) is 0. The number of likely N-dealkylation sites (tertiary alicyclic amines) is 1. The number of piperidine rings is 1. The van der Waals surface area contributed by atoms with Crippen LogP contribution in [0.4, 0.5) is 0 Å². The van der Waals surface area contributed by atoms with Gasteiger partial charge < -0.3 is 0 Å². The monoisotopic (exact) mass is 377 g/mol. The lowest BCUT2D eigenvalue weighted by molar-refractivity contribution is 0.266. The minimum atomic E-state index is 0.209. The number of rotatable bonds is 3. The molecule has 1 aromatic rings. The third-order valence-corrected chi connectivity index (χ3v) is 6.70. The molecule has 0 saturated carbocycles. The quantitative estimate of drug-likeness (QED) is 0.335. The highest BCUT2D eigenvalue weighted by Gasteiger charge is 2.20. The van der Waals surface area contributed by atoms with E-state index in [0.29, 0.717) is 14.9 Å². The van der Waals surface area contributed by atoms with Crippen LogP contribution in [0.5, 0.6) is 0 Å². The van der Waals surface area contributed by atoms with Gasteiger partial charge >= 0.3 is 0 Å². The van der Waals surface area contributed by atoms with Crippen LogP contribution in [0, 0.1) is 0 Å². The molecular weight excluding hydrogens is 367 g/mol. The van der Waals surface area contributed by atoms with Crippen molar-refractivity contribution in [3.8, 4) is 0 Å². The Labute approximate surface area is 142 Å². The zero-order valence-corrected chi connectivity index (χ0v) is 14.6. The number of benzene rings is 1. The van der Waals surface area contributed by atoms with Crippen molar-refractivity contribution in [3.05, 3.63) is 25.1 Å². The summed E-state index contributed by atoms with van der Waals surface area (Å²) in [6, 6.07) is 0. The van der Waals surface area contributed by atoms with Crippen LogP contribution in [-0.4, -0.2) is 23.9 Å². The van der Waals surface area contributed by atoms with E-state index in [1.807, 2.05) is 0 Å². The van der Waals surface area contributed by atoms with Gasteiger partial charge in [-0.05, 0) is 25.9 Å². The first-order chi connectivity index (χ1) is 9.02. The van der Waals surface area contributed by atoms with E-state index in [2.05, 4.69) is 4.90 Å². The standard InChI is InChI=1S/C12H12Cl5NS/c13-7-8(14)10(16)12(11(17)9(7)15)19-6-18-4-2-1-3-5-18/h1-6H2. The van der Waals surface area contributed by atoms with E-state index in [1.54, 1.807) is 11.8 Å². The molecule has 0 amide bonds. The molecular formula is C12H12Cl5NS. The highest BCUT2D eigenvalue weighted by Crippen LogP contribution is 2.47. The fraction of sp³-hybridized carbons (Fsp3) is 0.500. The molecule has 2 rings (SSSR count). The summed E-state index contributed by atoms with van der Waals surface area (Å²) in [6.45, 7) is 2.22. The first-order valence-corrected chi connectivity index (χ1v) is 8.76. The summed E-state index contributed by atoms with van der Waals surface area (Å²) < 4.78 is 0. The first kappa shape index (κ1) is 16.4. The molecule has 1 heterocycles. The maximum atomic E-state index is 6.19. The van der Waals surface area contributed by atoms with E-state index < -0.39 is 0 Å². The lowest BCUT2D eigenvalue weighted by Crippen LogP contribution is -2.29. The molecule has 1 aromatic carbocycles.